The summed E-state index contributed by atoms with van der Waals surface area (Å²) in [5.74, 6) is -0.925. The molecule has 82 valence electrons. The molecule has 0 saturated carbocycles. The minimum atomic E-state index is -0.976. The summed E-state index contributed by atoms with van der Waals surface area (Å²) >= 11 is 1.50. The van der Waals surface area contributed by atoms with E-state index in [4.69, 9.17) is 10.8 Å². The molecule has 1 unspecified atom stereocenters. The van der Waals surface area contributed by atoms with Gasteiger partial charge in [-0.2, -0.15) is 0 Å². The summed E-state index contributed by atoms with van der Waals surface area (Å²) in [6.07, 6.45) is 1.71. The van der Waals surface area contributed by atoms with Gasteiger partial charge in [0, 0.05) is 16.5 Å². The molecule has 4 N–H and O–H groups in total. The van der Waals surface area contributed by atoms with E-state index in [0.717, 1.165) is 4.90 Å². The Balaban J connectivity index is 2.90. The van der Waals surface area contributed by atoms with Crippen molar-refractivity contribution in [2.45, 2.75) is 17.4 Å². The van der Waals surface area contributed by atoms with Crippen LogP contribution in [0.4, 0.5) is 0 Å². The van der Waals surface area contributed by atoms with Crippen LogP contribution in [0.5, 0.6) is 5.75 Å². The molecule has 0 heterocycles. The zero-order chi connectivity index (χ0) is 11.4. The predicted octanol–water partition coefficient (Wildman–Crippen LogP) is 1.59. The van der Waals surface area contributed by atoms with E-state index in [1.165, 1.54) is 11.8 Å². The van der Waals surface area contributed by atoms with E-state index < -0.39 is 12.0 Å². The highest BCUT2D eigenvalue weighted by molar-refractivity contribution is 7.98. The maximum Gasteiger partial charge on any atom is 0.305 e. The molecule has 0 aromatic heterocycles. The second kappa shape index (κ2) is 5.04. The summed E-state index contributed by atoms with van der Waals surface area (Å²) in [5.41, 5.74) is 6.11. The first-order chi connectivity index (χ1) is 7.04. The summed E-state index contributed by atoms with van der Waals surface area (Å²) in [4.78, 5) is 11.4. The van der Waals surface area contributed by atoms with Gasteiger partial charge >= 0.3 is 5.97 Å². The van der Waals surface area contributed by atoms with Crippen molar-refractivity contribution >= 4 is 17.7 Å². The SMILES string of the molecule is CSc1ccc(C(N)CC(=O)O)c(O)c1. The van der Waals surface area contributed by atoms with Gasteiger partial charge in [-0.25, -0.2) is 0 Å². The van der Waals surface area contributed by atoms with Gasteiger partial charge in [-0.3, -0.25) is 4.79 Å². The van der Waals surface area contributed by atoms with E-state index in [0.29, 0.717) is 5.56 Å². The molecule has 0 aliphatic carbocycles. The summed E-state index contributed by atoms with van der Waals surface area (Å²) in [6.45, 7) is 0. The fraction of sp³-hybridized carbons (Fsp3) is 0.300. The number of thioether (sulfide) groups is 1. The van der Waals surface area contributed by atoms with Crippen molar-refractivity contribution in [3.8, 4) is 5.75 Å². The molecule has 0 radical (unpaired) electrons. The van der Waals surface area contributed by atoms with Gasteiger partial charge < -0.3 is 15.9 Å². The highest BCUT2D eigenvalue weighted by Crippen LogP contribution is 2.28. The average Bonchev–Trinajstić information content (AvgIpc) is 2.16. The van der Waals surface area contributed by atoms with Gasteiger partial charge in [0.2, 0.25) is 0 Å². The molecule has 0 aliphatic heterocycles. The van der Waals surface area contributed by atoms with Crippen LogP contribution in [0.2, 0.25) is 0 Å². The quantitative estimate of drug-likeness (QED) is 0.680. The number of nitrogens with two attached hydrogens (primary N) is 1. The van der Waals surface area contributed by atoms with Crippen LogP contribution in [0.25, 0.3) is 0 Å². The Labute approximate surface area is 92.1 Å². The fourth-order valence-corrected chi connectivity index (χ4v) is 1.70. The van der Waals surface area contributed by atoms with Crippen LogP contribution >= 0.6 is 11.8 Å². The molecule has 0 amide bonds. The number of carboxylic acid groups (broad SMARTS) is 1. The third-order valence-corrected chi connectivity index (χ3v) is 2.76. The van der Waals surface area contributed by atoms with Crippen molar-refractivity contribution in [3.05, 3.63) is 23.8 Å². The number of hydrogen-bond acceptors (Lipinski definition) is 4. The topological polar surface area (TPSA) is 83.6 Å². The first-order valence-corrected chi connectivity index (χ1v) is 5.61. The zero-order valence-electron chi connectivity index (χ0n) is 8.30. The predicted molar refractivity (Wildman–Crippen MR) is 59.1 cm³/mol. The molecular weight excluding hydrogens is 214 g/mol. The van der Waals surface area contributed by atoms with Crippen molar-refractivity contribution in [2.24, 2.45) is 5.73 Å². The zero-order valence-corrected chi connectivity index (χ0v) is 9.12. The number of carboxylic acids is 1. The molecule has 5 heteroatoms. The normalized spacial score (nSPS) is 12.4. The third-order valence-electron chi connectivity index (χ3n) is 2.03. The Morgan fingerprint density at radius 1 is 1.60 bits per heavy atom. The van der Waals surface area contributed by atoms with E-state index in [1.807, 2.05) is 6.26 Å². The van der Waals surface area contributed by atoms with Gasteiger partial charge in [0.05, 0.1) is 6.42 Å². The minimum absolute atomic E-state index is 0.0515. The van der Waals surface area contributed by atoms with E-state index in [9.17, 15) is 9.90 Å². The van der Waals surface area contributed by atoms with Crippen molar-refractivity contribution in [2.75, 3.05) is 6.26 Å². The van der Waals surface area contributed by atoms with Crippen molar-refractivity contribution in [3.63, 3.8) is 0 Å². The van der Waals surface area contributed by atoms with Crippen molar-refractivity contribution < 1.29 is 15.0 Å². The summed E-state index contributed by atoms with van der Waals surface area (Å²) in [7, 11) is 0. The lowest BCUT2D eigenvalue weighted by atomic mass is 10.0. The number of aliphatic carboxylic acids is 1. The Morgan fingerprint density at radius 2 is 2.27 bits per heavy atom. The number of rotatable bonds is 4. The van der Waals surface area contributed by atoms with Crippen LogP contribution < -0.4 is 5.73 Å². The first-order valence-electron chi connectivity index (χ1n) is 4.39. The molecule has 1 aromatic carbocycles. The molecule has 0 fully saturated rings. The molecule has 4 nitrogen and oxygen atoms in total. The van der Waals surface area contributed by atoms with Crippen LogP contribution in [0.3, 0.4) is 0 Å². The molecule has 15 heavy (non-hydrogen) atoms. The summed E-state index contributed by atoms with van der Waals surface area (Å²) in [6, 6.07) is 4.39. The lowest BCUT2D eigenvalue weighted by Crippen LogP contribution is -2.15. The second-order valence-corrected chi connectivity index (χ2v) is 4.01. The first kappa shape index (κ1) is 11.9. The highest BCUT2D eigenvalue weighted by Gasteiger charge is 2.14. The second-order valence-electron chi connectivity index (χ2n) is 3.13. The summed E-state index contributed by atoms with van der Waals surface area (Å²) < 4.78 is 0. The van der Waals surface area contributed by atoms with Crippen molar-refractivity contribution in [1.82, 2.24) is 0 Å². The molecule has 1 rings (SSSR count). The number of carbonyl (C=O) groups is 1. The van der Waals surface area contributed by atoms with Crippen LogP contribution in [0, 0.1) is 0 Å². The fourth-order valence-electron chi connectivity index (χ4n) is 1.26. The Hall–Kier alpha value is -1.20. The molecule has 0 saturated heterocycles. The number of phenolic OH excluding ortho intramolecular Hbond substituents is 1. The molecule has 0 spiro atoms. The standard InChI is InChI=1S/C10H13NO3S/c1-15-6-2-3-7(9(12)4-6)8(11)5-10(13)14/h2-4,8,12H,5,11H2,1H3,(H,13,14). The third kappa shape index (κ3) is 3.14. The Bertz CT molecular complexity index is 368. The smallest absolute Gasteiger partial charge is 0.305 e. The number of hydrogen-bond donors (Lipinski definition) is 3. The molecule has 1 aromatic rings. The lowest BCUT2D eigenvalue weighted by molar-refractivity contribution is -0.137. The largest absolute Gasteiger partial charge is 0.508 e. The number of phenols is 1. The van der Waals surface area contributed by atoms with Gasteiger partial charge in [0.25, 0.3) is 0 Å². The highest BCUT2D eigenvalue weighted by atomic mass is 32.2. The monoisotopic (exact) mass is 227 g/mol. The summed E-state index contributed by atoms with van der Waals surface area (Å²) in [5, 5.41) is 18.2. The van der Waals surface area contributed by atoms with Gasteiger partial charge in [-0.1, -0.05) is 6.07 Å². The van der Waals surface area contributed by atoms with E-state index >= 15 is 0 Å². The van der Waals surface area contributed by atoms with Gasteiger partial charge in [-0.05, 0) is 18.4 Å². The van der Waals surface area contributed by atoms with E-state index in [2.05, 4.69) is 0 Å². The Morgan fingerprint density at radius 3 is 2.73 bits per heavy atom. The lowest BCUT2D eigenvalue weighted by Gasteiger charge is -2.11. The number of aromatic hydroxyl groups is 1. The van der Waals surface area contributed by atoms with Gasteiger partial charge in [0.1, 0.15) is 5.75 Å². The van der Waals surface area contributed by atoms with Crippen LogP contribution in [0.15, 0.2) is 23.1 Å². The maximum absolute atomic E-state index is 10.5. The maximum atomic E-state index is 10.5. The van der Waals surface area contributed by atoms with Gasteiger partial charge in [-0.15, -0.1) is 11.8 Å². The molecule has 0 bridgehead atoms. The van der Waals surface area contributed by atoms with E-state index in [-0.39, 0.29) is 12.2 Å². The molecular formula is C10H13NO3S. The number of benzene rings is 1. The van der Waals surface area contributed by atoms with E-state index in [1.54, 1.807) is 18.2 Å². The minimum Gasteiger partial charge on any atom is -0.508 e. The van der Waals surface area contributed by atoms with Crippen LogP contribution in [0.1, 0.15) is 18.0 Å². The van der Waals surface area contributed by atoms with Crippen molar-refractivity contribution in [1.29, 1.82) is 0 Å². The molecule has 0 aliphatic rings. The van der Waals surface area contributed by atoms with Crippen LogP contribution in [-0.4, -0.2) is 22.4 Å². The van der Waals surface area contributed by atoms with Gasteiger partial charge in [0.15, 0.2) is 0 Å². The average molecular weight is 227 g/mol. The molecule has 1 atom stereocenters. The van der Waals surface area contributed by atoms with Crippen LogP contribution in [-0.2, 0) is 4.79 Å². The Kier molecular flexibility index (Phi) is 3.99.